The number of pyridine rings is 1. The third-order valence-corrected chi connectivity index (χ3v) is 5.62. The average molecular weight is 423 g/mol. The summed E-state index contributed by atoms with van der Waals surface area (Å²) in [6.07, 6.45) is 1.65. The van der Waals surface area contributed by atoms with Crippen LogP contribution in [0.15, 0.2) is 65.5 Å². The summed E-state index contributed by atoms with van der Waals surface area (Å²) >= 11 is 5.87. The highest BCUT2D eigenvalue weighted by atomic mass is 35.5. The number of benzene rings is 1. The van der Waals surface area contributed by atoms with Gasteiger partial charge in [-0.15, -0.1) is 0 Å². The van der Waals surface area contributed by atoms with Crippen LogP contribution in [0.25, 0.3) is 0 Å². The lowest BCUT2D eigenvalue weighted by Gasteiger charge is -2.32. The van der Waals surface area contributed by atoms with Gasteiger partial charge in [0.2, 0.25) is 0 Å². The van der Waals surface area contributed by atoms with Gasteiger partial charge in [0.1, 0.15) is 16.9 Å². The van der Waals surface area contributed by atoms with Gasteiger partial charge in [0.15, 0.2) is 5.82 Å². The van der Waals surface area contributed by atoms with Crippen LogP contribution in [-0.2, 0) is 6.54 Å². The maximum absolute atomic E-state index is 12.3. The highest BCUT2D eigenvalue weighted by Gasteiger charge is 2.46. The smallest absolute Gasteiger partial charge is 0.299 e. The van der Waals surface area contributed by atoms with Gasteiger partial charge < -0.3 is 15.5 Å². The van der Waals surface area contributed by atoms with E-state index in [1.165, 1.54) is 0 Å². The van der Waals surface area contributed by atoms with Gasteiger partial charge in [-0.25, -0.2) is 4.98 Å². The zero-order valence-electron chi connectivity index (χ0n) is 16.2. The summed E-state index contributed by atoms with van der Waals surface area (Å²) in [6.45, 7) is 3.36. The number of hydrogen-bond acceptors (Lipinski definition) is 7. The Hall–Kier alpha value is -3.57. The van der Waals surface area contributed by atoms with Crippen LogP contribution in [0.5, 0.6) is 0 Å². The van der Waals surface area contributed by atoms with Crippen LogP contribution in [0, 0.1) is 28.4 Å². The number of halogens is 1. The minimum atomic E-state index is -0.833. The first kappa shape index (κ1) is 19.7. The van der Waals surface area contributed by atoms with Crippen LogP contribution in [0.1, 0.15) is 22.6 Å². The number of aryl methyl sites for hydroxylation is 1. The molecule has 0 bridgehead atoms. The number of nitrogens with two attached hydrogens (primary N) is 1. The van der Waals surface area contributed by atoms with Crippen molar-refractivity contribution in [1.29, 1.82) is 5.26 Å². The van der Waals surface area contributed by atoms with E-state index in [0.29, 0.717) is 36.2 Å². The van der Waals surface area contributed by atoms with Crippen molar-refractivity contribution in [2.75, 3.05) is 13.1 Å². The minimum absolute atomic E-state index is 0.0379. The number of aromatic nitrogens is 1. The second-order valence-electron chi connectivity index (χ2n) is 7.28. The zero-order valence-corrected chi connectivity index (χ0v) is 17.0. The van der Waals surface area contributed by atoms with Gasteiger partial charge in [-0.05, 0) is 24.1 Å². The summed E-state index contributed by atoms with van der Waals surface area (Å²) in [5.41, 5.74) is 9.07. The Bertz CT molecular complexity index is 1100. The SMILES string of the molecule is Cc1ccc(C2C(C#N)=C(N)N3CCN(Cc4ccc(Cl)nc4)C3=C2[N+](=O)[O-])cc1. The largest absolute Gasteiger partial charge is 0.384 e. The van der Waals surface area contributed by atoms with Crippen LogP contribution in [0.2, 0.25) is 5.15 Å². The van der Waals surface area contributed by atoms with E-state index < -0.39 is 10.8 Å². The number of nitriles is 1. The maximum Gasteiger partial charge on any atom is 0.299 e. The minimum Gasteiger partial charge on any atom is -0.384 e. The third kappa shape index (κ3) is 3.33. The molecule has 152 valence electrons. The first-order valence-electron chi connectivity index (χ1n) is 9.38. The molecular weight excluding hydrogens is 404 g/mol. The fourth-order valence-electron chi connectivity index (χ4n) is 3.96. The van der Waals surface area contributed by atoms with Gasteiger partial charge in [-0.1, -0.05) is 47.5 Å². The molecule has 1 saturated heterocycles. The second-order valence-corrected chi connectivity index (χ2v) is 7.67. The fourth-order valence-corrected chi connectivity index (χ4v) is 4.08. The molecule has 1 aromatic heterocycles. The third-order valence-electron chi connectivity index (χ3n) is 5.40. The Morgan fingerprint density at radius 3 is 2.63 bits per heavy atom. The van der Waals surface area contributed by atoms with Crippen molar-refractivity contribution in [2.24, 2.45) is 5.73 Å². The van der Waals surface area contributed by atoms with Crippen molar-refractivity contribution < 1.29 is 4.92 Å². The van der Waals surface area contributed by atoms with Gasteiger partial charge in [0.05, 0.1) is 16.6 Å². The molecular formula is C21H19ClN6O2. The van der Waals surface area contributed by atoms with E-state index in [4.69, 9.17) is 17.3 Å². The monoisotopic (exact) mass is 422 g/mol. The topological polar surface area (TPSA) is 112 Å². The van der Waals surface area contributed by atoms with Crippen molar-refractivity contribution in [3.63, 3.8) is 0 Å². The quantitative estimate of drug-likeness (QED) is 0.457. The zero-order chi connectivity index (χ0) is 21.4. The molecule has 9 heteroatoms. The Kier molecular flexibility index (Phi) is 5.06. The lowest BCUT2D eigenvalue weighted by Crippen LogP contribution is -2.37. The van der Waals surface area contributed by atoms with Crippen LogP contribution in [-0.4, -0.2) is 32.8 Å². The molecule has 8 nitrogen and oxygen atoms in total. The highest BCUT2D eigenvalue weighted by Crippen LogP contribution is 2.43. The predicted molar refractivity (Wildman–Crippen MR) is 111 cm³/mol. The molecule has 30 heavy (non-hydrogen) atoms. The Balaban J connectivity index is 1.84. The van der Waals surface area contributed by atoms with E-state index in [2.05, 4.69) is 11.1 Å². The molecule has 4 rings (SSSR count). The molecule has 0 aliphatic carbocycles. The molecule has 0 saturated carbocycles. The standard InChI is InChI=1S/C21H19ClN6O2/c1-13-2-5-15(6-3-13)18-16(10-23)20(24)27-9-8-26(21(27)19(18)28(29)30)12-14-4-7-17(22)25-11-14/h2-7,11,18H,8-9,12,24H2,1H3. The van der Waals surface area contributed by atoms with Crippen LogP contribution >= 0.6 is 11.6 Å². The summed E-state index contributed by atoms with van der Waals surface area (Å²) < 4.78 is 0. The first-order valence-corrected chi connectivity index (χ1v) is 9.76. The van der Waals surface area contributed by atoms with Crippen molar-refractivity contribution in [3.8, 4) is 6.07 Å². The Morgan fingerprint density at radius 2 is 2.03 bits per heavy atom. The van der Waals surface area contributed by atoms with Gasteiger partial charge in [0, 0.05) is 25.8 Å². The van der Waals surface area contributed by atoms with Crippen LogP contribution in [0.3, 0.4) is 0 Å². The number of rotatable bonds is 4. The molecule has 2 aliphatic rings. The maximum atomic E-state index is 12.3. The van der Waals surface area contributed by atoms with Crippen molar-refractivity contribution >= 4 is 11.6 Å². The molecule has 1 unspecified atom stereocenters. The van der Waals surface area contributed by atoms with E-state index >= 15 is 0 Å². The lowest BCUT2D eigenvalue weighted by atomic mass is 9.86. The van der Waals surface area contributed by atoms with Gasteiger partial charge >= 0.3 is 0 Å². The summed E-state index contributed by atoms with van der Waals surface area (Å²) in [4.78, 5) is 19.5. The molecule has 0 radical (unpaired) electrons. The van der Waals surface area contributed by atoms with E-state index in [1.54, 1.807) is 17.2 Å². The lowest BCUT2D eigenvalue weighted by molar-refractivity contribution is -0.432. The molecule has 3 heterocycles. The normalized spacial score (nSPS) is 18.5. The number of hydrogen-bond donors (Lipinski definition) is 1. The van der Waals surface area contributed by atoms with E-state index in [-0.39, 0.29) is 17.1 Å². The van der Waals surface area contributed by atoms with Gasteiger partial charge in [-0.3, -0.25) is 10.1 Å². The fraction of sp³-hybridized carbons (Fsp3) is 0.238. The van der Waals surface area contributed by atoms with E-state index in [9.17, 15) is 15.4 Å². The Morgan fingerprint density at radius 1 is 1.30 bits per heavy atom. The Labute approximate surface area is 178 Å². The van der Waals surface area contributed by atoms with Gasteiger partial charge in [-0.2, -0.15) is 5.26 Å². The summed E-state index contributed by atoms with van der Waals surface area (Å²) in [5, 5.41) is 22.4. The summed E-state index contributed by atoms with van der Waals surface area (Å²) in [6, 6.07) is 13.0. The van der Waals surface area contributed by atoms with Crippen molar-refractivity contribution in [1.82, 2.24) is 14.8 Å². The van der Waals surface area contributed by atoms with E-state index in [0.717, 1.165) is 11.1 Å². The number of nitrogens with zero attached hydrogens (tertiary/aromatic N) is 5. The van der Waals surface area contributed by atoms with Crippen molar-refractivity contribution in [3.05, 3.63) is 97.5 Å². The average Bonchev–Trinajstić information content (AvgIpc) is 3.13. The molecule has 2 aromatic rings. The van der Waals surface area contributed by atoms with E-state index in [1.807, 2.05) is 42.2 Å². The molecule has 2 aliphatic heterocycles. The molecule has 1 aromatic carbocycles. The molecule has 1 atom stereocenters. The predicted octanol–water partition coefficient (Wildman–Crippen LogP) is 3.10. The molecule has 0 spiro atoms. The summed E-state index contributed by atoms with van der Waals surface area (Å²) in [5.74, 6) is -0.141. The van der Waals surface area contributed by atoms with Crippen LogP contribution in [0.4, 0.5) is 0 Å². The highest BCUT2D eigenvalue weighted by molar-refractivity contribution is 6.29. The molecule has 0 amide bonds. The molecule has 2 N–H and O–H groups in total. The number of fused-ring (bicyclic) bond motifs is 1. The molecule has 1 fully saturated rings. The van der Waals surface area contributed by atoms with Gasteiger partial charge in [0.25, 0.3) is 5.70 Å². The first-order chi connectivity index (χ1) is 14.4. The number of allylic oxidation sites excluding steroid dienone is 1. The summed E-state index contributed by atoms with van der Waals surface area (Å²) in [7, 11) is 0. The number of nitro groups is 1. The van der Waals surface area contributed by atoms with Crippen LogP contribution < -0.4 is 5.73 Å². The second kappa shape index (κ2) is 7.69. The van der Waals surface area contributed by atoms with Crippen molar-refractivity contribution in [2.45, 2.75) is 19.4 Å².